The first kappa shape index (κ1) is 16.4. The second-order valence-corrected chi connectivity index (χ2v) is 6.09. The summed E-state index contributed by atoms with van der Waals surface area (Å²) in [6.45, 7) is 4.34. The van der Waals surface area contributed by atoms with Gasteiger partial charge >= 0.3 is 0 Å². The zero-order valence-corrected chi connectivity index (χ0v) is 13.8. The van der Waals surface area contributed by atoms with Gasteiger partial charge < -0.3 is 0 Å². The highest BCUT2D eigenvalue weighted by Crippen LogP contribution is 2.18. The minimum absolute atomic E-state index is 0.0267. The Bertz CT molecular complexity index is 602. The van der Waals surface area contributed by atoms with Gasteiger partial charge in [-0.25, -0.2) is 9.97 Å². The van der Waals surface area contributed by atoms with E-state index in [1.54, 1.807) is 6.20 Å². The van der Waals surface area contributed by atoms with E-state index < -0.39 is 0 Å². The number of anilines is 1. The smallest absolute Gasteiger partial charge is 0.240 e. The van der Waals surface area contributed by atoms with E-state index in [4.69, 9.17) is 0 Å². The molecule has 0 radical (unpaired) electrons. The third-order valence-corrected chi connectivity index (χ3v) is 4.16. The van der Waals surface area contributed by atoms with Crippen molar-refractivity contribution in [3.63, 3.8) is 0 Å². The van der Waals surface area contributed by atoms with E-state index in [1.165, 1.54) is 17.7 Å². The van der Waals surface area contributed by atoms with E-state index >= 15 is 0 Å². The lowest BCUT2D eigenvalue weighted by molar-refractivity contribution is -0.117. The number of nitrogens with zero attached hydrogens (tertiary/aromatic N) is 5. The number of hydrogen-bond acceptors (Lipinski definition) is 7. The summed E-state index contributed by atoms with van der Waals surface area (Å²) in [5.74, 6) is -0.109. The molecule has 2 aromatic rings. The van der Waals surface area contributed by atoms with Gasteiger partial charge in [0.25, 0.3) is 0 Å². The quantitative estimate of drug-likeness (QED) is 0.839. The molecule has 0 aliphatic heterocycles. The van der Waals surface area contributed by atoms with Crippen LogP contribution in [0.2, 0.25) is 0 Å². The van der Waals surface area contributed by atoms with Crippen molar-refractivity contribution in [2.45, 2.75) is 32.7 Å². The number of nitrogens with one attached hydrogen (secondary N) is 1. The first-order valence-electron chi connectivity index (χ1n) is 7.18. The molecule has 1 atom stereocenters. The number of amides is 1. The summed E-state index contributed by atoms with van der Waals surface area (Å²) in [5, 5.41) is 12.3. The number of hydrogen-bond donors (Lipinski definition) is 1. The number of carbonyl (C=O) groups is 1. The van der Waals surface area contributed by atoms with Crippen molar-refractivity contribution in [3.05, 3.63) is 29.3 Å². The van der Waals surface area contributed by atoms with Gasteiger partial charge in [-0.05, 0) is 26.5 Å². The predicted octanol–water partition coefficient (Wildman–Crippen LogP) is 1.91. The van der Waals surface area contributed by atoms with Gasteiger partial charge in [-0.1, -0.05) is 18.3 Å². The highest BCUT2D eigenvalue weighted by atomic mass is 32.1. The summed E-state index contributed by atoms with van der Waals surface area (Å²) in [4.78, 5) is 22.1. The number of aromatic nitrogens is 4. The van der Waals surface area contributed by atoms with Crippen LogP contribution in [0.5, 0.6) is 0 Å². The molecule has 22 heavy (non-hydrogen) atoms. The van der Waals surface area contributed by atoms with Gasteiger partial charge in [0.15, 0.2) is 0 Å². The number of aryl methyl sites for hydroxylation is 1. The molecule has 0 bridgehead atoms. The highest BCUT2D eigenvalue weighted by molar-refractivity contribution is 7.15. The topological polar surface area (TPSA) is 83.9 Å². The zero-order valence-electron chi connectivity index (χ0n) is 13.0. The zero-order chi connectivity index (χ0) is 15.9. The molecule has 0 saturated heterocycles. The molecule has 0 aliphatic rings. The molecule has 2 rings (SSSR count). The lowest BCUT2D eigenvalue weighted by Crippen LogP contribution is -2.32. The molecule has 8 heteroatoms. The Labute approximate surface area is 133 Å². The second-order valence-electron chi connectivity index (χ2n) is 5.02. The average Bonchev–Trinajstić information content (AvgIpc) is 2.94. The van der Waals surface area contributed by atoms with Gasteiger partial charge in [0.1, 0.15) is 11.3 Å². The predicted molar refractivity (Wildman–Crippen MR) is 85.6 cm³/mol. The fourth-order valence-corrected chi connectivity index (χ4v) is 2.77. The van der Waals surface area contributed by atoms with Crippen molar-refractivity contribution in [3.8, 4) is 0 Å². The normalized spacial score (nSPS) is 12.4. The SMILES string of the molecule is CCCc1nnc(NC(=O)CN(C)[C@H](C)c2ccncn2)s1. The summed E-state index contributed by atoms with van der Waals surface area (Å²) in [7, 11) is 1.88. The molecule has 2 aromatic heterocycles. The summed E-state index contributed by atoms with van der Waals surface area (Å²) in [6.07, 6.45) is 5.11. The van der Waals surface area contributed by atoms with Crippen molar-refractivity contribution in [1.29, 1.82) is 0 Å². The van der Waals surface area contributed by atoms with Gasteiger partial charge in [-0.3, -0.25) is 15.0 Å². The third-order valence-electron chi connectivity index (χ3n) is 3.26. The van der Waals surface area contributed by atoms with Crippen LogP contribution in [-0.2, 0) is 11.2 Å². The fourth-order valence-electron chi connectivity index (χ4n) is 1.92. The number of likely N-dealkylation sites (N-methyl/N-ethyl adjacent to an activating group) is 1. The van der Waals surface area contributed by atoms with E-state index in [9.17, 15) is 4.79 Å². The van der Waals surface area contributed by atoms with E-state index in [1.807, 2.05) is 24.9 Å². The van der Waals surface area contributed by atoms with Crippen LogP contribution in [0.4, 0.5) is 5.13 Å². The van der Waals surface area contributed by atoms with E-state index in [2.05, 4.69) is 32.4 Å². The summed E-state index contributed by atoms with van der Waals surface area (Å²) in [5.41, 5.74) is 0.881. The van der Waals surface area contributed by atoms with Crippen LogP contribution in [0.3, 0.4) is 0 Å². The Morgan fingerprint density at radius 3 is 2.95 bits per heavy atom. The molecule has 0 spiro atoms. The van der Waals surface area contributed by atoms with Gasteiger partial charge in [0.2, 0.25) is 11.0 Å². The van der Waals surface area contributed by atoms with Crippen LogP contribution < -0.4 is 5.32 Å². The molecule has 1 amide bonds. The Hall–Kier alpha value is -1.93. The van der Waals surface area contributed by atoms with Crippen molar-refractivity contribution in [2.75, 3.05) is 18.9 Å². The summed E-state index contributed by atoms with van der Waals surface area (Å²) >= 11 is 1.42. The Balaban J connectivity index is 1.88. The van der Waals surface area contributed by atoms with E-state index in [-0.39, 0.29) is 18.5 Å². The van der Waals surface area contributed by atoms with Crippen molar-refractivity contribution >= 4 is 22.4 Å². The first-order valence-corrected chi connectivity index (χ1v) is 8.00. The van der Waals surface area contributed by atoms with Crippen LogP contribution in [0.25, 0.3) is 0 Å². The van der Waals surface area contributed by atoms with E-state index in [0.29, 0.717) is 5.13 Å². The Morgan fingerprint density at radius 1 is 1.45 bits per heavy atom. The molecule has 1 N–H and O–H groups in total. The van der Waals surface area contributed by atoms with Crippen molar-refractivity contribution < 1.29 is 4.79 Å². The summed E-state index contributed by atoms with van der Waals surface area (Å²) < 4.78 is 0. The number of carbonyl (C=O) groups excluding carboxylic acids is 1. The minimum Gasteiger partial charge on any atom is -0.299 e. The molecular formula is C14H20N6OS. The molecular weight excluding hydrogens is 300 g/mol. The summed E-state index contributed by atoms with van der Waals surface area (Å²) in [6, 6.07) is 1.87. The molecule has 0 saturated carbocycles. The van der Waals surface area contributed by atoms with Gasteiger partial charge in [0.05, 0.1) is 12.2 Å². The lowest BCUT2D eigenvalue weighted by Gasteiger charge is -2.23. The molecule has 0 unspecified atom stereocenters. The molecule has 0 aliphatic carbocycles. The lowest BCUT2D eigenvalue weighted by atomic mass is 10.2. The second kappa shape index (κ2) is 7.90. The molecule has 0 aromatic carbocycles. The standard InChI is InChI=1S/C14H20N6OS/c1-4-5-13-18-19-14(22-13)17-12(21)8-20(3)10(2)11-6-7-15-9-16-11/h6-7,9-10H,4-5,8H2,1-3H3,(H,17,19,21)/t10-/m1/s1. The van der Waals surface area contributed by atoms with Crippen LogP contribution in [-0.4, -0.2) is 44.6 Å². The third kappa shape index (κ3) is 4.54. The fraction of sp³-hybridized carbons (Fsp3) is 0.500. The van der Waals surface area contributed by atoms with Crippen LogP contribution in [0, 0.1) is 0 Å². The molecule has 2 heterocycles. The van der Waals surface area contributed by atoms with Crippen LogP contribution in [0.1, 0.15) is 37.0 Å². The Kier molecular flexibility index (Phi) is 5.91. The average molecular weight is 320 g/mol. The maximum atomic E-state index is 12.1. The Morgan fingerprint density at radius 2 is 2.27 bits per heavy atom. The molecule has 118 valence electrons. The van der Waals surface area contributed by atoms with Crippen molar-refractivity contribution in [2.24, 2.45) is 0 Å². The highest BCUT2D eigenvalue weighted by Gasteiger charge is 2.16. The van der Waals surface area contributed by atoms with Gasteiger partial charge in [-0.2, -0.15) is 0 Å². The minimum atomic E-state index is -0.109. The van der Waals surface area contributed by atoms with Gasteiger partial charge in [-0.15, -0.1) is 10.2 Å². The first-order chi connectivity index (χ1) is 10.6. The van der Waals surface area contributed by atoms with Crippen molar-refractivity contribution in [1.82, 2.24) is 25.1 Å². The van der Waals surface area contributed by atoms with E-state index in [0.717, 1.165) is 23.5 Å². The van der Waals surface area contributed by atoms with Crippen LogP contribution >= 0.6 is 11.3 Å². The van der Waals surface area contributed by atoms with Crippen LogP contribution in [0.15, 0.2) is 18.6 Å². The maximum Gasteiger partial charge on any atom is 0.240 e. The molecule has 7 nitrogen and oxygen atoms in total. The van der Waals surface area contributed by atoms with Gasteiger partial charge in [0, 0.05) is 18.7 Å². The largest absolute Gasteiger partial charge is 0.299 e. The molecule has 0 fully saturated rings. The maximum absolute atomic E-state index is 12.1. The monoisotopic (exact) mass is 320 g/mol. The number of rotatable bonds is 7.